The van der Waals surface area contributed by atoms with Crippen molar-refractivity contribution in [2.75, 3.05) is 13.2 Å². The number of hydrogen-bond donors (Lipinski definition) is 4. The molecule has 0 unspecified atom stereocenters. The van der Waals surface area contributed by atoms with Crippen LogP contribution in [-0.4, -0.2) is 70.0 Å². The number of esters is 2. The molecule has 8 heteroatoms. The molecular weight excluding hydrogens is 596 g/mol. The van der Waals surface area contributed by atoms with Crippen molar-refractivity contribution in [3.8, 4) is 0 Å². The molecule has 0 radical (unpaired) electrons. The topological polar surface area (TPSA) is 134 Å². The summed E-state index contributed by atoms with van der Waals surface area (Å²) in [6, 6.07) is 0. The Morgan fingerprint density at radius 3 is 1.79 bits per heavy atom. The summed E-state index contributed by atoms with van der Waals surface area (Å²) in [5, 5.41) is 40.7. The molecule has 1 fully saturated rings. The summed E-state index contributed by atoms with van der Waals surface area (Å²) < 4.78 is 10.6. The molecule has 47 heavy (non-hydrogen) atoms. The average molecular weight is 669 g/mol. The van der Waals surface area contributed by atoms with Gasteiger partial charge >= 0.3 is 11.9 Å². The zero-order valence-corrected chi connectivity index (χ0v) is 30.1. The molecule has 0 spiro atoms. The Morgan fingerprint density at radius 1 is 0.702 bits per heavy atom. The van der Waals surface area contributed by atoms with Crippen LogP contribution in [0.25, 0.3) is 0 Å². The number of rotatable bonds is 31. The van der Waals surface area contributed by atoms with Gasteiger partial charge in [-0.05, 0) is 31.6 Å². The maximum absolute atomic E-state index is 12.3. The van der Waals surface area contributed by atoms with Gasteiger partial charge in [0.15, 0.2) is 6.10 Å². The second-order valence-corrected chi connectivity index (χ2v) is 14.0. The minimum absolute atomic E-state index is 0.0355. The Bertz CT molecular complexity index is 787. The van der Waals surface area contributed by atoms with Crippen LogP contribution in [0.3, 0.4) is 0 Å². The van der Waals surface area contributed by atoms with E-state index in [1.807, 2.05) is 6.08 Å². The zero-order chi connectivity index (χ0) is 34.5. The predicted octanol–water partition coefficient (Wildman–Crippen LogP) is 8.11. The van der Waals surface area contributed by atoms with Crippen LogP contribution in [0.5, 0.6) is 0 Å². The highest BCUT2D eigenvalue weighted by Gasteiger charge is 2.39. The number of aliphatic hydroxyl groups excluding tert-OH is 4. The lowest BCUT2D eigenvalue weighted by Gasteiger charge is -2.21. The van der Waals surface area contributed by atoms with E-state index < -0.39 is 37.0 Å². The van der Waals surface area contributed by atoms with Gasteiger partial charge < -0.3 is 29.9 Å². The van der Waals surface area contributed by atoms with Crippen molar-refractivity contribution in [3.63, 3.8) is 0 Å². The summed E-state index contributed by atoms with van der Waals surface area (Å²) in [5.41, 5.74) is 0. The lowest BCUT2D eigenvalue weighted by Crippen LogP contribution is -2.28. The van der Waals surface area contributed by atoms with E-state index in [1.165, 1.54) is 64.2 Å². The van der Waals surface area contributed by atoms with Gasteiger partial charge in [0.25, 0.3) is 0 Å². The minimum atomic E-state index is -0.844. The van der Waals surface area contributed by atoms with E-state index >= 15 is 0 Å². The molecule has 276 valence electrons. The van der Waals surface area contributed by atoms with Gasteiger partial charge in [0, 0.05) is 25.2 Å². The van der Waals surface area contributed by atoms with E-state index in [-0.39, 0.29) is 30.8 Å². The standard InChI is InChI=1S/C39H72O8/c1-3-5-7-8-9-10-11-12-13-14-15-16-21-25-38(44)46-31-33(30-40)47-39(45)26-22-18-17-20-24-34-35(37(43)29-36(34)42)28-27-32(41)23-19-6-4-2/h27-28,32-37,40-43H,3-26,29-31H2,1-2H3/b28-27+/t32-,33-,34+,35+,36-,37+/m0/s1. The van der Waals surface area contributed by atoms with Gasteiger partial charge in [-0.25, -0.2) is 0 Å². The molecule has 0 aromatic rings. The number of ether oxygens (including phenoxy) is 2. The monoisotopic (exact) mass is 669 g/mol. The summed E-state index contributed by atoms with van der Waals surface area (Å²) in [6.07, 6.45) is 26.2. The third-order valence-corrected chi connectivity index (χ3v) is 9.66. The first kappa shape index (κ1) is 43.5. The molecular formula is C39H72O8. The molecule has 0 bridgehead atoms. The van der Waals surface area contributed by atoms with Crippen LogP contribution in [-0.2, 0) is 19.1 Å². The molecule has 6 atom stereocenters. The second kappa shape index (κ2) is 29.4. The summed E-state index contributed by atoms with van der Waals surface area (Å²) >= 11 is 0. The lowest BCUT2D eigenvalue weighted by atomic mass is 9.88. The first-order valence-corrected chi connectivity index (χ1v) is 19.5. The second-order valence-electron chi connectivity index (χ2n) is 14.0. The molecule has 0 saturated heterocycles. The molecule has 4 N–H and O–H groups in total. The third-order valence-electron chi connectivity index (χ3n) is 9.66. The first-order valence-electron chi connectivity index (χ1n) is 19.5. The number of hydrogen-bond acceptors (Lipinski definition) is 8. The Morgan fingerprint density at radius 2 is 1.21 bits per heavy atom. The fourth-order valence-corrected chi connectivity index (χ4v) is 6.65. The largest absolute Gasteiger partial charge is 0.462 e. The van der Waals surface area contributed by atoms with Crippen LogP contribution in [0.2, 0.25) is 0 Å². The summed E-state index contributed by atoms with van der Waals surface area (Å²) in [5.74, 6) is -0.914. The van der Waals surface area contributed by atoms with Crippen LogP contribution in [0.1, 0.15) is 174 Å². The van der Waals surface area contributed by atoms with Gasteiger partial charge in [-0.3, -0.25) is 9.59 Å². The van der Waals surface area contributed by atoms with E-state index in [1.54, 1.807) is 6.08 Å². The molecule has 0 amide bonds. The summed E-state index contributed by atoms with van der Waals surface area (Å²) in [4.78, 5) is 24.4. The SMILES string of the molecule is CCCCCCCCCCCCCCCC(=O)OC[C@H](CO)OC(=O)CCCCCC[C@@H]1[C@@H](/C=C/[C@@H](O)CCCCC)[C@H](O)C[C@@H]1O. The highest BCUT2D eigenvalue weighted by atomic mass is 16.6. The van der Waals surface area contributed by atoms with Crippen molar-refractivity contribution in [2.45, 2.75) is 199 Å². The lowest BCUT2D eigenvalue weighted by molar-refractivity contribution is -0.161. The fourth-order valence-electron chi connectivity index (χ4n) is 6.65. The number of carbonyl (C=O) groups excluding carboxylic acids is 2. The van der Waals surface area contributed by atoms with E-state index in [0.29, 0.717) is 25.7 Å². The molecule has 1 saturated carbocycles. The number of aliphatic hydroxyl groups is 4. The highest BCUT2D eigenvalue weighted by Crippen LogP contribution is 2.37. The number of unbranched alkanes of at least 4 members (excludes halogenated alkanes) is 17. The highest BCUT2D eigenvalue weighted by molar-refractivity contribution is 5.70. The van der Waals surface area contributed by atoms with Gasteiger partial charge in [-0.15, -0.1) is 0 Å². The van der Waals surface area contributed by atoms with E-state index in [2.05, 4.69) is 13.8 Å². The maximum Gasteiger partial charge on any atom is 0.306 e. The quantitative estimate of drug-likeness (QED) is 0.0331. The molecule has 0 aromatic heterocycles. The fraction of sp³-hybridized carbons (Fsp3) is 0.897. The van der Waals surface area contributed by atoms with Gasteiger partial charge in [0.05, 0.1) is 24.9 Å². The summed E-state index contributed by atoms with van der Waals surface area (Å²) in [7, 11) is 0. The average Bonchev–Trinajstić information content (AvgIpc) is 3.32. The Hall–Kier alpha value is -1.48. The maximum atomic E-state index is 12.3. The van der Waals surface area contributed by atoms with Crippen molar-refractivity contribution < 1.29 is 39.5 Å². The van der Waals surface area contributed by atoms with Gasteiger partial charge in [-0.2, -0.15) is 0 Å². The Labute approximate surface area is 287 Å². The number of carbonyl (C=O) groups is 2. The predicted molar refractivity (Wildman–Crippen MR) is 189 cm³/mol. The molecule has 0 heterocycles. The van der Waals surface area contributed by atoms with Crippen LogP contribution >= 0.6 is 0 Å². The van der Waals surface area contributed by atoms with Gasteiger partial charge in [-0.1, -0.05) is 142 Å². The molecule has 0 aliphatic heterocycles. The van der Waals surface area contributed by atoms with Crippen LogP contribution in [0.4, 0.5) is 0 Å². The van der Waals surface area contributed by atoms with E-state index in [0.717, 1.165) is 64.2 Å². The van der Waals surface area contributed by atoms with E-state index in [4.69, 9.17) is 9.47 Å². The normalized spacial score (nSPS) is 20.9. The molecule has 1 rings (SSSR count). The van der Waals surface area contributed by atoms with Crippen LogP contribution < -0.4 is 0 Å². The van der Waals surface area contributed by atoms with Gasteiger partial charge in [0.1, 0.15) is 6.61 Å². The van der Waals surface area contributed by atoms with Crippen molar-refractivity contribution in [2.24, 2.45) is 11.8 Å². The van der Waals surface area contributed by atoms with Crippen LogP contribution in [0, 0.1) is 11.8 Å². The third kappa shape index (κ3) is 22.7. The summed E-state index contributed by atoms with van der Waals surface area (Å²) in [6.45, 7) is 3.86. The molecule has 8 nitrogen and oxygen atoms in total. The van der Waals surface area contributed by atoms with Crippen molar-refractivity contribution in [1.29, 1.82) is 0 Å². The zero-order valence-electron chi connectivity index (χ0n) is 30.1. The van der Waals surface area contributed by atoms with Crippen molar-refractivity contribution in [3.05, 3.63) is 12.2 Å². The molecule has 1 aliphatic carbocycles. The van der Waals surface area contributed by atoms with Crippen molar-refractivity contribution in [1.82, 2.24) is 0 Å². The van der Waals surface area contributed by atoms with E-state index in [9.17, 15) is 30.0 Å². The Kier molecular flexibility index (Phi) is 27.3. The first-order chi connectivity index (χ1) is 22.8. The Balaban J connectivity index is 2.10. The minimum Gasteiger partial charge on any atom is -0.462 e. The van der Waals surface area contributed by atoms with Gasteiger partial charge in [0.2, 0.25) is 0 Å². The van der Waals surface area contributed by atoms with Crippen molar-refractivity contribution >= 4 is 11.9 Å². The van der Waals surface area contributed by atoms with Crippen LogP contribution in [0.15, 0.2) is 12.2 Å². The molecule has 0 aromatic carbocycles. The molecule has 1 aliphatic rings. The smallest absolute Gasteiger partial charge is 0.306 e.